The van der Waals surface area contributed by atoms with Crippen LogP contribution in [0.15, 0.2) is 103 Å². The lowest BCUT2D eigenvalue weighted by molar-refractivity contribution is -0.595. The van der Waals surface area contributed by atoms with E-state index in [0.29, 0.717) is 0 Å². The Kier molecular flexibility index (Phi) is 5.89. The number of rotatable bonds is 5. The minimum Gasteiger partial charge on any atom is -0.378 e. The van der Waals surface area contributed by atoms with Gasteiger partial charge in [0.15, 0.2) is 12.4 Å². The van der Waals surface area contributed by atoms with E-state index < -0.39 is 0 Å². The lowest BCUT2D eigenvalue weighted by Crippen LogP contribution is -2.29. The third-order valence-corrected chi connectivity index (χ3v) is 5.37. The zero-order valence-electron chi connectivity index (χ0n) is 18.6. The summed E-state index contributed by atoms with van der Waals surface area (Å²) in [6.45, 7) is 0. The average molecular weight is 410 g/mol. The zero-order chi connectivity index (χ0) is 21.8. The molecule has 0 N–H and O–H groups in total. The van der Waals surface area contributed by atoms with Crippen molar-refractivity contribution in [3.05, 3.63) is 109 Å². The fraction of sp³-hybridized carbons (Fsp3) is 0.148. The van der Waals surface area contributed by atoms with Crippen molar-refractivity contribution in [1.29, 1.82) is 0 Å². The van der Waals surface area contributed by atoms with Crippen LogP contribution >= 0.6 is 0 Å². The second-order valence-electron chi connectivity index (χ2n) is 8.04. The average Bonchev–Trinajstić information content (AvgIpc) is 2.80. The van der Waals surface area contributed by atoms with Crippen molar-refractivity contribution in [3.63, 3.8) is 0 Å². The lowest BCUT2D eigenvalue weighted by atomic mass is 10.1. The number of pyridine rings is 1. The van der Waals surface area contributed by atoms with Gasteiger partial charge < -0.3 is 14.7 Å². The van der Waals surface area contributed by atoms with E-state index in [1.165, 1.54) is 22.5 Å². The van der Waals surface area contributed by atoms with Crippen molar-refractivity contribution in [1.82, 2.24) is 0 Å². The Bertz CT molecular complexity index is 1090. The molecular formula is C27H29N4+. The molecule has 2 aromatic carbocycles. The van der Waals surface area contributed by atoms with E-state index in [4.69, 9.17) is 0 Å². The van der Waals surface area contributed by atoms with Crippen molar-refractivity contribution in [3.8, 4) is 5.69 Å². The molecule has 0 unspecified atom stereocenters. The summed E-state index contributed by atoms with van der Waals surface area (Å²) in [7, 11) is 8.22. The van der Waals surface area contributed by atoms with Crippen molar-refractivity contribution in [2.75, 3.05) is 42.9 Å². The number of aromatic nitrogens is 1. The van der Waals surface area contributed by atoms with E-state index in [2.05, 4.69) is 151 Å². The predicted octanol–water partition coefficient (Wildman–Crippen LogP) is 5.03. The van der Waals surface area contributed by atoms with E-state index in [0.717, 1.165) is 11.4 Å². The van der Waals surface area contributed by atoms with E-state index in [9.17, 15) is 0 Å². The van der Waals surface area contributed by atoms with E-state index in [-0.39, 0.29) is 0 Å². The molecule has 0 saturated carbocycles. The van der Waals surface area contributed by atoms with E-state index in [1.807, 2.05) is 0 Å². The molecule has 31 heavy (non-hydrogen) atoms. The molecule has 0 spiro atoms. The highest BCUT2D eigenvalue weighted by molar-refractivity contribution is 5.65. The fourth-order valence-electron chi connectivity index (χ4n) is 3.45. The number of hydrogen-bond acceptors (Lipinski definition) is 3. The molecule has 0 fully saturated rings. The Labute approximate surface area is 185 Å². The van der Waals surface area contributed by atoms with Crippen molar-refractivity contribution < 1.29 is 4.57 Å². The van der Waals surface area contributed by atoms with Gasteiger partial charge in [0, 0.05) is 81.9 Å². The second kappa shape index (κ2) is 8.92. The number of nitrogens with zero attached hydrogens (tertiary/aromatic N) is 4. The molecule has 0 aliphatic carbocycles. The van der Waals surface area contributed by atoms with Crippen LogP contribution in [-0.4, -0.2) is 28.2 Å². The minimum atomic E-state index is 1.15. The van der Waals surface area contributed by atoms with Gasteiger partial charge in [0.2, 0.25) is 5.69 Å². The van der Waals surface area contributed by atoms with Gasteiger partial charge >= 0.3 is 0 Å². The first kappa shape index (κ1) is 20.5. The lowest BCUT2D eigenvalue weighted by Gasteiger charge is -2.20. The van der Waals surface area contributed by atoms with Gasteiger partial charge in [-0.3, -0.25) is 0 Å². The maximum Gasteiger partial charge on any atom is 0.210 e. The van der Waals surface area contributed by atoms with Gasteiger partial charge in [-0.15, -0.1) is 0 Å². The van der Waals surface area contributed by atoms with Crippen LogP contribution < -0.4 is 19.3 Å². The van der Waals surface area contributed by atoms with E-state index in [1.54, 1.807) is 0 Å². The quantitative estimate of drug-likeness (QED) is 0.549. The topological polar surface area (TPSA) is 13.6 Å². The highest BCUT2D eigenvalue weighted by Gasteiger charge is 2.07. The van der Waals surface area contributed by atoms with Gasteiger partial charge in [0.25, 0.3) is 0 Å². The number of hydrogen-bond donors (Lipinski definition) is 0. The first-order valence-corrected chi connectivity index (χ1v) is 10.4. The standard InChI is InChI=1S/C27H29N4/c1-28(2)24-5-9-26(10-6-24)30-17-13-22(14-18-30)21-23-15-19-31(20-16-23)27-11-7-25(8-12-27)29(3)4/h5-21H,1-4H3/q+1. The molecule has 4 nitrogen and oxygen atoms in total. The van der Waals surface area contributed by atoms with Gasteiger partial charge in [0.05, 0.1) is 0 Å². The highest BCUT2D eigenvalue weighted by atomic mass is 15.1. The van der Waals surface area contributed by atoms with Crippen molar-refractivity contribution in [2.45, 2.75) is 0 Å². The van der Waals surface area contributed by atoms with Crippen LogP contribution in [0.4, 0.5) is 17.1 Å². The smallest absolute Gasteiger partial charge is 0.210 e. The molecule has 156 valence electrons. The van der Waals surface area contributed by atoms with Crippen LogP contribution in [0.5, 0.6) is 0 Å². The zero-order valence-corrected chi connectivity index (χ0v) is 18.6. The Morgan fingerprint density at radius 1 is 0.677 bits per heavy atom. The Morgan fingerprint density at radius 3 is 1.71 bits per heavy atom. The van der Waals surface area contributed by atoms with Gasteiger partial charge in [0.1, 0.15) is 0 Å². The van der Waals surface area contributed by atoms with Crippen LogP contribution in [0.1, 0.15) is 5.56 Å². The first-order valence-electron chi connectivity index (χ1n) is 10.4. The molecule has 0 atom stereocenters. The Balaban J connectivity index is 1.44. The van der Waals surface area contributed by atoms with Crippen LogP contribution in [0.3, 0.4) is 0 Å². The van der Waals surface area contributed by atoms with Crippen LogP contribution in [0, 0.1) is 0 Å². The molecular weight excluding hydrogens is 380 g/mol. The van der Waals surface area contributed by atoms with Crippen molar-refractivity contribution in [2.24, 2.45) is 0 Å². The summed E-state index contributed by atoms with van der Waals surface area (Å²) in [5, 5.41) is 0. The maximum atomic E-state index is 2.19. The SMILES string of the molecule is CN(C)c1ccc(N2C=CC(=Cc3cc[n+](-c4ccc(N(C)C)cc4)cc3)C=C2)cc1. The fourth-order valence-corrected chi connectivity index (χ4v) is 3.45. The summed E-state index contributed by atoms with van der Waals surface area (Å²) in [5.41, 5.74) is 7.05. The summed E-state index contributed by atoms with van der Waals surface area (Å²) < 4.78 is 2.13. The molecule has 2 heterocycles. The monoisotopic (exact) mass is 409 g/mol. The molecule has 1 aliphatic rings. The van der Waals surface area contributed by atoms with E-state index >= 15 is 0 Å². The molecule has 0 saturated heterocycles. The predicted molar refractivity (Wildman–Crippen MR) is 132 cm³/mol. The molecule has 0 amide bonds. The number of allylic oxidation sites excluding steroid dienone is 3. The molecule has 4 heteroatoms. The molecule has 0 bridgehead atoms. The van der Waals surface area contributed by atoms with Gasteiger partial charge in [-0.1, -0.05) is 0 Å². The first-order chi connectivity index (χ1) is 15.0. The van der Waals surface area contributed by atoms with Gasteiger partial charge in [-0.05, 0) is 65.8 Å². The Morgan fingerprint density at radius 2 is 1.19 bits per heavy atom. The van der Waals surface area contributed by atoms with Crippen LogP contribution in [0.25, 0.3) is 11.8 Å². The maximum absolute atomic E-state index is 2.19. The summed E-state index contributed by atoms with van der Waals surface area (Å²) >= 11 is 0. The highest BCUT2D eigenvalue weighted by Crippen LogP contribution is 2.23. The number of anilines is 3. The summed E-state index contributed by atoms with van der Waals surface area (Å²) in [4.78, 5) is 6.34. The van der Waals surface area contributed by atoms with Gasteiger partial charge in [-0.25, -0.2) is 0 Å². The largest absolute Gasteiger partial charge is 0.378 e. The van der Waals surface area contributed by atoms with Crippen molar-refractivity contribution >= 4 is 23.1 Å². The van der Waals surface area contributed by atoms with Gasteiger partial charge in [-0.2, -0.15) is 4.57 Å². The summed E-state index contributed by atoms with van der Waals surface area (Å²) in [6, 6.07) is 21.4. The summed E-state index contributed by atoms with van der Waals surface area (Å²) in [6.07, 6.45) is 14.9. The molecule has 1 aromatic heterocycles. The van der Waals surface area contributed by atoms with Crippen LogP contribution in [0.2, 0.25) is 0 Å². The third kappa shape index (κ3) is 4.86. The molecule has 4 rings (SSSR count). The molecule has 0 radical (unpaired) electrons. The normalized spacial score (nSPS) is 12.8. The Hall–Kier alpha value is -3.79. The van der Waals surface area contributed by atoms with Crippen LogP contribution in [-0.2, 0) is 0 Å². The molecule has 1 aliphatic heterocycles. The minimum absolute atomic E-state index is 1.15. The second-order valence-corrected chi connectivity index (χ2v) is 8.04. The summed E-state index contributed by atoms with van der Waals surface area (Å²) in [5.74, 6) is 0. The number of benzene rings is 2. The third-order valence-electron chi connectivity index (χ3n) is 5.37. The molecule has 3 aromatic rings.